The molecule has 1 atom stereocenters. The minimum absolute atomic E-state index is 0.797. The van der Waals surface area contributed by atoms with E-state index in [4.69, 9.17) is 0 Å². The van der Waals surface area contributed by atoms with E-state index in [9.17, 15) is 0 Å². The zero-order chi connectivity index (χ0) is 12.6. The molecule has 1 unspecified atom stereocenters. The maximum Gasteiger partial charge on any atom is 0.0195 e. The van der Waals surface area contributed by atoms with Gasteiger partial charge < -0.3 is 5.32 Å². The maximum absolute atomic E-state index is 3.65. The van der Waals surface area contributed by atoms with E-state index < -0.39 is 0 Å². The predicted octanol–water partition coefficient (Wildman–Crippen LogP) is 3.56. The molecule has 2 fully saturated rings. The van der Waals surface area contributed by atoms with Gasteiger partial charge in [-0.15, -0.1) is 0 Å². The van der Waals surface area contributed by atoms with Gasteiger partial charge in [-0.25, -0.2) is 0 Å². The highest BCUT2D eigenvalue weighted by Crippen LogP contribution is 2.28. The van der Waals surface area contributed by atoms with E-state index in [1.807, 2.05) is 0 Å². The van der Waals surface area contributed by atoms with Crippen molar-refractivity contribution in [2.75, 3.05) is 19.6 Å². The second-order valence-electron chi connectivity index (χ2n) is 6.29. The van der Waals surface area contributed by atoms with Crippen molar-refractivity contribution in [2.24, 2.45) is 0 Å². The molecule has 1 saturated carbocycles. The van der Waals surface area contributed by atoms with E-state index in [1.165, 1.54) is 83.8 Å². The Bertz CT molecular complexity index is 207. The van der Waals surface area contributed by atoms with Crippen molar-refractivity contribution in [1.29, 1.82) is 0 Å². The maximum atomic E-state index is 3.65. The van der Waals surface area contributed by atoms with Crippen molar-refractivity contribution in [1.82, 2.24) is 10.2 Å². The summed E-state index contributed by atoms with van der Waals surface area (Å²) in [5.41, 5.74) is 0. The SMILES string of the molecule is CCCCCCCCN(CC1CCCN1)C1CC1. The molecule has 106 valence electrons. The molecule has 2 rings (SSSR count). The topological polar surface area (TPSA) is 15.3 Å². The lowest BCUT2D eigenvalue weighted by molar-refractivity contribution is 0.234. The van der Waals surface area contributed by atoms with Gasteiger partial charge in [-0.1, -0.05) is 39.0 Å². The van der Waals surface area contributed by atoms with Crippen LogP contribution in [0.15, 0.2) is 0 Å². The molecule has 0 aromatic rings. The molecule has 1 N–H and O–H groups in total. The van der Waals surface area contributed by atoms with Crippen LogP contribution in [0.25, 0.3) is 0 Å². The van der Waals surface area contributed by atoms with Crippen molar-refractivity contribution in [3.63, 3.8) is 0 Å². The Kier molecular flexibility index (Phi) is 6.50. The fourth-order valence-corrected chi connectivity index (χ4v) is 3.15. The average Bonchev–Trinajstić information content (AvgIpc) is 3.10. The van der Waals surface area contributed by atoms with Gasteiger partial charge in [-0.05, 0) is 45.2 Å². The number of nitrogens with zero attached hydrogens (tertiary/aromatic N) is 1. The van der Waals surface area contributed by atoms with Gasteiger partial charge in [0.1, 0.15) is 0 Å². The van der Waals surface area contributed by atoms with Crippen molar-refractivity contribution in [2.45, 2.75) is 83.2 Å². The molecule has 2 heteroatoms. The van der Waals surface area contributed by atoms with E-state index >= 15 is 0 Å². The summed E-state index contributed by atoms with van der Waals surface area (Å²) >= 11 is 0. The third kappa shape index (κ3) is 5.27. The molecule has 0 aromatic carbocycles. The first-order chi connectivity index (χ1) is 8.90. The smallest absolute Gasteiger partial charge is 0.0195 e. The molecule has 18 heavy (non-hydrogen) atoms. The highest BCUT2D eigenvalue weighted by Gasteiger charge is 2.30. The van der Waals surface area contributed by atoms with E-state index in [0.29, 0.717) is 0 Å². The van der Waals surface area contributed by atoms with E-state index in [0.717, 1.165) is 12.1 Å². The lowest BCUT2D eigenvalue weighted by atomic mass is 10.1. The second-order valence-corrected chi connectivity index (χ2v) is 6.29. The van der Waals surface area contributed by atoms with Crippen LogP contribution in [0, 0.1) is 0 Å². The summed E-state index contributed by atoms with van der Waals surface area (Å²) in [5.74, 6) is 0. The minimum atomic E-state index is 0.797. The fraction of sp³-hybridized carbons (Fsp3) is 1.00. The Balaban J connectivity index is 1.55. The van der Waals surface area contributed by atoms with E-state index in [2.05, 4.69) is 17.1 Å². The molecular weight excluding hydrogens is 220 g/mol. The Labute approximate surface area is 114 Å². The molecule has 0 aromatic heterocycles. The van der Waals surface area contributed by atoms with Crippen LogP contribution in [-0.4, -0.2) is 36.6 Å². The number of hydrogen-bond acceptors (Lipinski definition) is 2. The molecule has 0 bridgehead atoms. The summed E-state index contributed by atoms with van der Waals surface area (Å²) in [6.07, 6.45) is 14.3. The first-order valence-corrected chi connectivity index (χ1v) is 8.37. The summed E-state index contributed by atoms with van der Waals surface area (Å²) in [5, 5.41) is 3.65. The number of rotatable bonds is 10. The van der Waals surface area contributed by atoms with Crippen LogP contribution in [0.5, 0.6) is 0 Å². The van der Waals surface area contributed by atoms with Gasteiger partial charge >= 0.3 is 0 Å². The highest BCUT2D eigenvalue weighted by molar-refractivity contribution is 4.88. The molecule has 1 heterocycles. The van der Waals surface area contributed by atoms with Crippen LogP contribution in [-0.2, 0) is 0 Å². The largest absolute Gasteiger partial charge is 0.313 e. The average molecular weight is 252 g/mol. The number of nitrogens with one attached hydrogen (secondary N) is 1. The highest BCUT2D eigenvalue weighted by atomic mass is 15.2. The molecule has 0 radical (unpaired) electrons. The van der Waals surface area contributed by atoms with Crippen molar-refractivity contribution < 1.29 is 0 Å². The molecule has 0 amide bonds. The molecule has 1 saturated heterocycles. The first kappa shape index (κ1) is 14.3. The van der Waals surface area contributed by atoms with Gasteiger partial charge in [-0.3, -0.25) is 4.90 Å². The standard InChI is InChI=1S/C16H32N2/c1-2-3-4-5-6-7-13-18(16-10-11-16)14-15-9-8-12-17-15/h15-17H,2-14H2,1H3. The van der Waals surface area contributed by atoms with Gasteiger partial charge in [0.15, 0.2) is 0 Å². The molecule has 2 aliphatic rings. The molecule has 1 aliphatic heterocycles. The van der Waals surface area contributed by atoms with Crippen LogP contribution in [0.4, 0.5) is 0 Å². The van der Waals surface area contributed by atoms with Crippen LogP contribution < -0.4 is 5.32 Å². The Morgan fingerprint density at radius 1 is 1.00 bits per heavy atom. The molecule has 0 spiro atoms. The van der Waals surface area contributed by atoms with Gasteiger partial charge in [0.25, 0.3) is 0 Å². The predicted molar refractivity (Wildman–Crippen MR) is 79.0 cm³/mol. The molecule has 2 nitrogen and oxygen atoms in total. The van der Waals surface area contributed by atoms with Crippen molar-refractivity contribution in [3.05, 3.63) is 0 Å². The van der Waals surface area contributed by atoms with Gasteiger partial charge in [-0.2, -0.15) is 0 Å². The van der Waals surface area contributed by atoms with Crippen LogP contribution in [0.2, 0.25) is 0 Å². The Hall–Kier alpha value is -0.0800. The quantitative estimate of drug-likeness (QED) is 0.598. The number of hydrogen-bond donors (Lipinski definition) is 1. The zero-order valence-corrected chi connectivity index (χ0v) is 12.3. The van der Waals surface area contributed by atoms with Gasteiger partial charge in [0.05, 0.1) is 0 Å². The number of unbranched alkanes of at least 4 members (excludes halogenated alkanes) is 5. The Morgan fingerprint density at radius 3 is 2.44 bits per heavy atom. The summed E-state index contributed by atoms with van der Waals surface area (Å²) < 4.78 is 0. The van der Waals surface area contributed by atoms with Crippen LogP contribution in [0.1, 0.15) is 71.1 Å². The fourth-order valence-electron chi connectivity index (χ4n) is 3.15. The van der Waals surface area contributed by atoms with Crippen molar-refractivity contribution >= 4 is 0 Å². The minimum Gasteiger partial charge on any atom is -0.313 e. The van der Waals surface area contributed by atoms with Crippen LogP contribution in [0.3, 0.4) is 0 Å². The van der Waals surface area contributed by atoms with Gasteiger partial charge in [0.2, 0.25) is 0 Å². The lowest BCUT2D eigenvalue weighted by Gasteiger charge is -2.25. The summed E-state index contributed by atoms with van der Waals surface area (Å²) in [6.45, 7) is 6.22. The van der Waals surface area contributed by atoms with E-state index in [1.54, 1.807) is 0 Å². The van der Waals surface area contributed by atoms with Crippen molar-refractivity contribution in [3.8, 4) is 0 Å². The van der Waals surface area contributed by atoms with Crippen LogP contribution >= 0.6 is 0 Å². The third-order valence-electron chi connectivity index (χ3n) is 4.48. The second kappa shape index (κ2) is 8.16. The Morgan fingerprint density at radius 2 is 1.78 bits per heavy atom. The molecule has 1 aliphatic carbocycles. The normalized spacial score (nSPS) is 24.0. The lowest BCUT2D eigenvalue weighted by Crippen LogP contribution is -2.39. The zero-order valence-electron chi connectivity index (χ0n) is 12.3. The monoisotopic (exact) mass is 252 g/mol. The summed E-state index contributed by atoms with van der Waals surface area (Å²) in [4.78, 5) is 2.78. The first-order valence-electron chi connectivity index (χ1n) is 8.37. The summed E-state index contributed by atoms with van der Waals surface area (Å²) in [6, 6.07) is 1.74. The van der Waals surface area contributed by atoms with E-state index in [-0.39, 0.29) is 0 Å². The van der Waals surface area contributed by atoms with Gasteiger partial charge in [0, 0.05) is 18.6 Å². The third-order valence-corrected chi connectivity index (χ3v) is 4.48. The molecular formula is C16H32N2. The summed E-state index contributed by atoms with van der Waals surface area (Å²) in [7, 11) is 0.